The third-order valence-electron chi connectivity index (χ3n) is 4.10. The van der Waals surface area contributed by atoms with E-state index in [0.717, 1.165) is 15.8 Å². The minimum absolute atomic E-state index is 0.181. The minimum atomic E-state index is 0.181. The van der Waals surface area contributed by atoms with Crippen molar-refractivity contribution in [2.75, 3.05) is 5.32 Å². The number of ether oxygens (including phenoxy) is 1. The van der Waals surface area contributed by atoms with Crippen molar-refractivity contribution in [1.82, 2.24) is 4.98 Å². The van der Waals surface area contributed by atoms with E-state index in [2.05, 4.69) is 26.2 Å². The lowest BCUT2D eigenvalue weighted by Gasteiger charge is -2.03. The summed E-state index contributed by atoms with van der Waals surface area (Å²) in [6.45, 7) is 0.793. The summed E-state index contributed by atoms with van der Waals surface area (Å²) < 4.78 is 18.2. The van der Waals surface area contributed by atoms with Crippen molar-refractivity contribution in [3.05, 3.63) is 88.2 Å². The first kappa shape index (κ1) is 18.8. The highest BCUT2D eigenvalue weighted by atomic mass is 79.9. The number of benzene rings is 2. The average Bonchev–Trinajstić information content (AvgIpc) is 3.39. The number of furan rings is 1. The van der Waals surface area contributed by atoms with E-state index in [-0.39, 0.29) is 18.2 Å². The summed E-state index contributed by atoms with van der Waals surface area (Å²) in [5, 5.41) is 12.5. The number of hydrogen-bond donors (Lipinski definition) is 1. The van der Waals surface area contributed by atoms with Gasteiger partial charge in [0.05, 0.1) is 0 Å². The SMILES string of the molecule is N#Cc1nc(-c2ccc(COc3ccc(Br)cc3)o2)oc1NCc1ccccc1. The third-order valence-corrected chi connectivity index (χ3v) is 4.62. The first-order valence-corrected chi connectivity index (χ1v) is 9.67. The molecule has 29 heavy (non-hydrogen) atoms. The predicted molar refractivity (Wildman–Crippen MR) is 111 cm³/mol. The van der Waals surface area contributed by atoms with E-state index < -0.39 is 0 Å². The van der Waals surface area contributed by atoms with Crippen LogP contribution in [0.3, 0.4) is 0 Å². The number of nitriles is 1. The van der Waals surface area contributed by atoms with Crippen LogP contribution in [0.4, 0.5) is 5.88 Å². The quantitative estimate of drug-likeness (QED) is 0.386. The first-order valence-electron chi connectivity index (χ1n) is 8.87. The van der Waals surface area contributed by atoms with Crippen LogP contribution in [0.25, 0.3) is 11.7 Å². The zero-order valence-electron chi connectivity index (χ0n) is 15.3. The maximum atomic E-state index is 9.34. The Morgan fingerprint density at radius 2 is 1.79 bits per heavy atom. The molecule has 2 aromatic carbocycles. The molecule has 2 heterocycles. The van der Waals surface area contributed by atoms with Crippen LogP contribution in [0.15, 0.2) is 80.0 Å². The number of anilines is 1. The van der Waals surface area contributed by atoms with Gasteiger partial charge < -0.3 is 18.9 Å². The van der Waals surface area contributed by atoms with Gasteiger partial charge in [0.15, 0.2) is 5.76 Å². The van der Waals surface area contributed by atoms with E-state index in [1.165, 1.54) is 0 Å². The summed E-state index contributed by atoms with van der Waals surface area (Å²) in [7, 11) is 0. The average molecular weight is 450 g/mol. The number of aromatic nitrogens is 1. The van der Waals surface area contributed by atoms with Gasteiger partial charge in [0.25, 0.3) is 5.89 Å². The Kier molecular flexibility index (Phi) is 5.63. The van der Waals surface area contributed by atoms with Crippen LogP contribution >= 0.6 is 15.9 Å². The van der Waals surface area contributed by atoms with Crippen LogP contribution < -0.4 is 10.1 Å². The van der Waals surface area contributed by atoms with Crippen LogP contribution in [0.1, 0.15) is 17.0 Å². The van der Waals surface area contributed by atoms with Gasteiger partial charge in [0.2, 0.25) is 11.6 Å². The highest BCUT2D eigenvalue weighted by Gasteiger charge is 2.17. The number of rotatable bonds is 7. The van der Waals surface area contributed by atoms with Gasteiger partial charge in [-0.1, -0.05) is 46.3 Å². The largest absolute Gasteiger partial charge is 0.486 e. The molecule has 4 aromatic rings. The molecule has 4 rings (SSSR count). The molecule has 0 unspecified atom stereocenters. The second-order valence-electron chi connectivity index (χ2n) is 6.16. The number of oxazole rings is 1. The summed E-state index contributed by atoms with van der Waals surface area (Å²) >= 11 is 3.39. The topological polar surface area (TPSA) is 84.2 Å². The van der Waals surface area contributed by atoms with Gasteiger partial charge in [-0.3, -0.25) is 0 Å². The number of hydrogen-bond acceptors (Lipinski definition) is 6. The Labute approximate surface area is 175 Å². The molecule has 1 N–H and O–H groups in total. The van der Waals surface area contributed by atoms with Gasteiger partial charge in [-0.25, -0.2) is 0 Å². The van der Waals surface area contributed by atoms with E-state index in [1.54, 1.807) is 12.1 Å². The van der Waals surface area contributed by atoms with Crippen LogP contribution in [-0.2, 0) is 13.2 Å². The summed E-state index contributed by atoms with van der Waals surface area (Å²) in [5.41, 5.74) is 1.25. The Bertz CT molecular complexity index is 1130. The molecule has 0 saturated carbocycles. The zero-order valence-corrected chi connectivity index (χ0v) is 16.8. The molecule has 6 nitrogen and oxygen atoms in total. The Morgan fingerprint density at radius 3 is 2.55 bits per heavy atom. The molecule has 0 spiro atoms. The molecule has 7 heteroatoms. The van der Waals surface area contributed by atoms with Crippen molar-refractivity contribution in [3.63, 3.8) is 0 Å². The molecule has 0 radical (unpaired) electrons. The molecule has 0 atom stereocenters. The van der Waals surface area contributed by atoms with E-state index in [0.29, 0.717) is 23.9 Å². The number of halogens is 1. The highest BCUT2D eigenvalue weighted by molar-refractivity contribution is 9.10. The zero-order chi connectivity index (χ0) is 20.1. The van der Waals surface area contributed by atoms with Gasteiger partial charge in [0.1, 0.15) is 24.2 Å². The third kappa shape index (κ3) is 4.68. The normalized spacial score (nSPS) is 10.5. The van der Waals surface area contributed by atoms with Gasteiger partial charge in [-0.2, -0.15) is 10.2 Å². The van der Waals surface area contributed by atoms with Crippen molar-refractivity contribution in [2.24, 2.45) is 0 Å². The molecule has 144 valence electrons. The van der Waals surface area contributed by atoms with Crippen LogP contribution in [0.2, 0.25) is 0 Å². The fourth-order valence-electron chi connectivity index (χ4n) is 2.66. The predicted octanol–water partition coefficient (Wildman–Crippen LogP) is 5.76. The molecular weight excluding hydrogens is 434 g/mol. The molecule has 0 aliphatic carbocycles. The van der Waals surface area contributed by atoms with Gasteiger partial charge in [-0.05, 0) is 42.0 Å². The van der Waals surface area contributed by atoms with Crippen LogP contribution in [0.5, 0.6) is 5.75 Å². The Morgan fingerprint density at radius 1 is 1.00 bits per heavy atom. The standard InChI is InChI=1S/C22H16BrN3O3/c23-16-6-8-17(9-7-16)27-14-18-10-11-20(28-18)22-26-19(12-24)21(29-22)25-13-15-4-2-1-3-5-15/h1-11,25H,13-14H2. The van der Waals surface area contributed by atoms with Crippen molar-refractivity contribution >= 4 is 21.8 Å². The summed E-state index contributed by atoms with van der Waals surface area (Å²) in [4.78, 5) is 4.22. The lowest BCUT2D eigenvalue weighted by Crippen LogP contribution is -1.99. The highest BCUT2D eigenvalue weighted by Crippen LogP contribution is 2.28. The molecule has 2 aromatic heterocycles. The van der Waals surface area contributed by atoms with Crippen molar-refractivity contribution in [2.45, 2.75) is 13.2 Å². The number of nitrogens with one attached hydrogen (secondary N) is 1. The van der Waals surface area contributed by atoms with Crippen molar-refractivity contribution in [1.29, 1.82) is 5.26 Å². The Hall–Kier alpha value is -3.50. The van der Waals surface area contributed by atoms with Crippen LogP contribution in [0, 0.1) is 11.3 Å². The minimum Gasteiger partial charge on any atom is -0.486 e. The van der Waals surface area contributed by atoms with E-state index in [1.807, 2.05) is 60.7 Å². The lowest BCUT2D eigenvalue weighted by molar-refractivity contribution is 0.271. The maximum Gasteiger partial charge on any atom is 0.266 e. The molecular formula is C22H16BrN3O3. The van der Waals surface area contributed by atoms with E-state index >= 15 is 0 Å². The number of nitrogens with zero attached hydrogens (tertiary/aromatic N) is 2. The fourth-order valence-corrected chi connectivity index (χ4v) is 2.92. The van der Waals surface area contributed by atoms with Gasteiger partial charge in [-0.15, -0.1) is 0 Å². The summed E-state index contributed by atoms with van der Waals surface area (Å²) in [6.07, 6.45) is 0. The van der Waals surface area contributed by atoms with Crippen molar-refractivity contribution in [3.8, 4) is 23.5 Å². The van der Waals surface area contributed by atoms with E-state index in [4.69, 9.17) is 13.6 Å². The smallest absolute Gasteiger partial charge is 0.266 e. The molecule has 0 bridgehead atoms. The first-order chi connectivity index (χ1) is 14.2. The maximum absolute atomic E-state index is 9.34. The lowest BCUT2D eigenvalue weighted by atomic mass is 10.2. The molecule has 0 fully saturated rings. The van der Waals surface area contributed by atoms with Crippen LogP contribution in [-0.4, -0.2) is 4.98 Å². The second-order valence-corrected chi connectivity index (χ2v) is 7.07. The van der Waals surface area contributed by atoms with Crippen molar-refractivity contribution < 1.29 is 13.6 Å². The van der Waals surface area contributed by atoms with E-state index in [9.17, 15) is 5.26 Å². The molecule has 0 aliphatic rings. The Balaban J connectivity index is 1.44. The molecule has 0 amide bonds. The summed E-state index contributed by atoms with van der Waals surface area (Å²) in [5.74, 6) is 2.35. The monoisotopic (exact) mass is 449 g/mol. The van der Waals surface area contributed by atoms with Gasteiger partial charge >= 0.3 is 0 Å². The second kappa shape index (κ2) is 8.67. The summed E-state index contributed by atoms with van der Waals surface area (Å²) in [6, 6.07) is 23.0. The fraction of sp³-hybridized carbons (Fsp3) is 0.0909. The van der Waals surface area contributed by atoms with Gasteiger partial charge in [0, 0.05) is 11.0 Å². The molecule has 0 aliphatic heterocycles. The molecule has 0 saturated heterocycles.